The zero-order chi connectivity index (χ0) is 42.1. The molecule has 9 aromatic heterocycles. The standard InChI is InChI=1S/C38H33F2N17O2P2/c1-60(2,58)22-53-16-31(42-19-53)29-8-11-35-48-50-37(57(35)52-29)38(39,40)25-5-6-27-30(13-25)41-14-26(45-27)18-61(3,59)23-54-17-32(43-20-54)28-7-10-34-47-49-36(56(34)51-28)12-24-4-9-33-46-44-21-55(33)15-24/h4-11,13-17,19-21H,12,18,22-23H2,1-3H3. The average molecular weight is 860 g/mol. The van der Waals surface area contributed by atoms with Crippen LogP contribution in [0.25, 0.3) is 50.8 Å². The Morgan fingerprint density at radius 3 is 2.10 bits per heavy atom. The van der Waals surface area contributed by atoms with Crippen LogP contribution in [-0.4, -0.2) is 103 Å². The van der Waals surface area contributed by atoms with Crippen LogP contribution >= 0.6 is 14.3 Å². The van der Waals surface area contributed by atoms with Crippen molar-refractivity contribution in [3.05, 3.63) is 127 Å². The third-order valence-corrected chi connectivity index (χ3v) is 12.7. The van der Waals surface area contributed by atoms with Crippen molar-refractivity contribution >= 4 is 42.3 Å². The van der Waals surface area contributed by atoms with Crippen LogP contribution in [0.1, 0.15) is 28.5 Å². The zero-order valence-corrected chi connectivity index (χ0v) is 34.4. The van der Waals surface area contributed by atoms with E-state index in [-0.39, 0.29) is 35.5 Å². The highest BCUT2D eigenvalue weighted by Gasteiger charge is 2.40. The van der Waals surface area contributed by atoms with Crippen LogP contribution in [0.5, 0.6) is 0 Å². The molecule has 0 fully saturated rings. The molecule has 10 rings (SSSR count). The number of hydrogen-bond donors (Lipinski definition) is 0. The molecule has 10 aromatic rings. The van der Waals surface area contributed by atoms with Crippen LogP contribution in [0.3, 0.4) is 0 Å². The third kappa shape index (κ3) is 7.57. The maximum Gasteiger partial charge on any atom is 0.333 e. The fourth-order valence-electron chi connectivity index (χ4n) is 7.08. The summed E-state index contributed by atoms with van der Waals surface area (Å²) in [4.78, 5) is 17.9. The Morgan fingerprint density at radius 1 is 0.656 bits per heavy atom. The molecule has 9 heterocycles. The molecule has 0 aliphatic heterocycles. The van der Waals surface area contributed by atoms with E-state index in [4.69, 9.17) is 5.10 Å². The summed E-state index contributed by atoms with van der Waals surface area (Å²) in [5, 5.41) is 33.5. The minimum absolute atomic E-state index is 0.116. The molecule has 0 aliphatic carbocycles. The van der Waals surface area contributed by atoms with E-state index >= 15 is 8.78 Å². The predicted molar refractivity (Wildman–Crippen MR) is 219 cm³/mol. The van der Waals surface area contributed by atoms with E-state index in [2.05, 4.69) is 55.6 Å². The average Bonchev–Trinajstić information content (AvgIpc) is 4.08. The number of rotatable bonds is 12. The fourth-order valence-corrected chi connectivity index (χ4v) is 9.81. The minimum Gasteiger partial charge on any atom is -0.329 e. The van der Waals surface area contributed by atoms with Crippen molar-refractivity contribution in [2.75, 3.05) is 20.0 Å². The second kappa shape index (κ2) is 14.3. The van der Waals surface area contributed by atoms with Gasteiger partial charge >= 0.3 is 5.92 Å². The summed E-state index contributed by atoms with van der Waals surface area (Å²) in [6.07, 6.45) is 12.6. The van der Waals surface area contributed by atoms with Crippen molar-refractivity contribution in [3.8, 4) is 22.8 Å². The molecule has 0 aliphatic rings. The van der Waals surface area contributed by atoms with Crippen LogP contribution in [0.4, 0.5) is 8.78 Å². The van der Waals surface area contributed by atoms with Crippen LogP contribution in [0.2, 0.25) is 0 Å². The number of nitrogens with zero attached hydrogens (tertiary/aromatic N) is 17. The highest BCUT2D eigenvalue weighted by atomic mass is 31.2. The normalized spacial score (nSPS) is 13.5. The SMILES string of the molecule is CP(C)(=O)Cn1cnc(-c2ccc3nnc(C(F)(F)c4ccc5nc(CP(C)(=O)Cn6cnc(-c7ccc8nnc(Cc9ccc%10nncn%10c9)n8n7)c6)cnc5c4)n3n2)c1. The quantitative estimate of drug-likeness (QED) is 0.134. The lowest BCUT2D eigenvalue weighted by atomic mass is 10.1. The van der Waals surface area contributed by atoms with Gasteiger partial charge in [-0.25, -0.2) is 15.0 Å². The lowest BCUT2D eigenvalue weighted by Crippen LogP contribution is -2.20. The Hall–Kier alpha value is -6.98. The number of benzene rings is 1. The van der Waals surface area contributed by atoms with E-state index in [9.17, 15) is 9.13 Å². The minimum atomic E-state index is -3.62. The Morgan fingerprint density at radius 2 is 1.34 bits per heavy atom. The summed E-state index contributed by atoms with van der Waals surface area (Å²) in [5.41, 5.74) is 4.99. The van der Waals surface area contributed by atoms with Gasteiger partial charge in [0.05, 0.1) is 42.0 Å². The van der Waals surface area contributed by atoms with E-state index in [0.29, 0.717) is 51.9 Å². The van der Waals surface area contributed by atoms with Gasteiger partial charge in [0.2, 0.25) is 5.82 Å². The first-order valence-electron chi connectivity index (χ1n) is 18.7. The molecule has 0 bridgehead atoms. The molecule has 0 spiro atoms. The Bertz CT molecular complexity index is 3400. The molecule has 1 aromatic carbocycles. The highest BCUT2D eigenvalue weighted by molar-refractivity contribution is 7.61. The predicted octanol–water partition coefficient (Wildman–Crippen LogP) is 5.74. The number of pyridine rings is 1. The topological polar surface area (TPSA) is 212 Å². The first kappa shape index (κ1) is 38.2. The molecule has 0 N–H and O–H groups in total. The molecule has 1 atom stereocenters. The molecule has 0 saturated carbocycles. The monoisotopic (exact) mass is 859 g/mol. The van der Waals surface area contributed by atoms with Crippen LogP contribution in [0, 0.1) is 0 Å². The van der Waals surface area contributed by atoms with E-state index in [1.54, 1.807) is 70.8 Å². The molecule has 306 valence electrons. The van der Waals surface area contributed by atoms with Crippen molar-refractivity contribution in [1.82, 2.24) is 83.3 Å². The van der Waals surface area contributed by atoms with Crippen molar-refractivity contribution < 1.29 is 17.9 Å². The summed E-state index contributed by atoms with van der Waals surface area (Å²) < 4.78 is 66.6. The molecule has 0 amide bonds. The van der Waals surface area contributed by atoms with Crippen LogP contribution in [0.15, 0.2) is 98.4 Å². The van der Waals surface area contributed by atoms with E-state index in [0.717, 1.165) is 15.7 Å². The van der Waals surface area contributed by atoms with Crippen LogP contribution < -0.4 is 0 Å². The number of hydrogen-bond acceptors (Lipinski definition) is 14. The van der Waals surface area contributed by atoms with E-state index in [1.807, 2.05) is 28.8 Å². The summed E-state index contributed by atoms with van der Waals surface area (Å²) >= 11 is 0. The molecule has 0 saturated heterocycles. The summed E-state index contributed by atoms with van der Waals surface area (Å²) in [5.74, 6) is -3.66. The van der Waals surface area contributed by atoms with Gasteiger partial charge in [-0.2, -0.15) is 28.0 Å². The molecule has 19 nitrogen and oxygen atoms in total. The number of aromatic nitrogens is 17. The molecule has 23 heteroatoms. The lowest BCUT2D eigenvalue weighted by Gasteiger charge is -2.16. The number of alkyl halides is 2. The Kier molecular flexibility index (Phi) is 8.99. The van der Waals surface area contributed by atoms with Crippen molar-refractivity contribution in [2.24, 2.45) is 0 Å². The van der Waals surface area contributed by atoms with Crippen molar-refractivity contribution in [3.63, 3.8) is 0 Å². The van der Waals surface area contributed by atoms with E-state index in [1.165, 1.54) is 36.8 Å². The van der Waals surface area contributed by atoms with Gasteiger partial charge in [-0.3, -0.25) is 9.38 Å². The summed E-state index contributed by atoms with van der Waals surface area (Å²) in [7, 11) is -5.29. The number of imidazole rings is 2. The van der Waals surface area contributed by atoms with Crippen molar-refractivity contribution in [2.45, 2.75) is 31.1 Å². The van der Waals surface area contributed by atoms with Gasteiger partial charge in [0, 0.05) is 42.9 Å². The Balaban J connectivity index is 0.836. The maximum atomic E-state index is 16.2. The summed E-state index contributed by atoms with van der Waals surface area (Å²) in [6.45, 7) is 5.02. The van der Waals surface area contributed by atoms with Gasteiger partial charge in [-0.05, 0) is 68.0 Å². The van der Waals surface area contributed by atoms with Gasteiger partial charge in [0.1, 0.15) is 43.4 Å². The highest BCUT2D eigenvalue weighted by Crippen LogP contribution is 2.47. The smallest absolute Gasteiger partial charge is 0.329 e. The zero-order valence-electron chi connectivity index (χ0n) is 32.6. The first-order chi connectivity index (χ1) is 29.2. The summed E-state index contributed by atoms with van der Waals surface area (Å²) in [6, 6.07) is 14.6. The lowest BCUT2D eigenvalue weighted by molar-refractivity contribution is 0.0307. The largest absolute Gasteiger partial charge is 0.333 e. The van der Waals surface area contributed by atoms with Crippen LogP contribution in [-0.2, 0) is 40.2 Å². The molecular weight excluding hydrogens is 826 g/mol. The first-order valence-corrected chi connectivity index (χ1v) is 24.0. The second-order valence-corrected chi connectivity index (χ2v) is 22.0. The maximum absolute atomic E-state index is 16.2. The molecular formula is C38H33F2N17O2P2. The van der Waals surface area contributed by atoms with Gasteiger partial charge < -0.3 is 18.3 Å². The van der Waals surface area contributed by atoms with Crippen molar-refractivity contribution in [1.29, 1.82) is 0 Å². The van der Waals surface area contributed by atoms with Gasteiger partial charge in [0.15, 0.2) is 22.8 Å². The Labute approximate surface area is 343 Å². The fraction of sp³-hybridized carbons (Fsp3) is 0.211. The molecule has 1 unspecified atom stereocenters. The van der Waals surface area contributed by atoms with E-state index < -0.39 is 26.0 Å². The van der Waals surface area contributed by atoms with Gasteiger partial charge in [0.25, 0.3) is 0 Å². The molecule has 0 radical (unpaired) electrons. The number of fused-ring (bicyclic) bond motifs is 4. The second-order valence-electron chi connectivity index (χ2n) is 15.4. The van der Waals surface area contributed by atoms with Gasteiger partial charge in [-0.15, -0.1) is 30.6 Å². The number of halogens is 2. The third-order valence-electron chi connectivity index (χ3n) is 9.79. The van der Waals surface area contributed by atoms with Gasteiger partial charge in [-0.1, -0.05) is 12.1 Å². The molecule has 61 heavy (non-hydrogen) atoms.